The summed E-state index contributed by atoms with van der Waals surface area (Å²) in [5.41, 5.74) is 8.19. The minimum atomic E-state index is -3.56. The van der Waals surface area contributed by atoms with E-state index in [2.05, 4.69) is 10.2 Å². The average molecular weight is 519 g/mol. The zero-order chi connectivity index (χ0) is 26.2. The second kappa shape index (κ2) is 9.64. The molecule has 4 aromatic rings. The van der Waals surface area contributed by atoms with E-state index >= 15 is 0 Å². The van der Waals surface area contributed by atoms with E-state index in [1.807, 2.05) is 80.3 Å². The van der Waals surface area contributed by atoms with Crippen molar-refractivity contribution in [3.8, 4) is 23.0 Å². The van der Waals surface area contributed by atoms with Gasteiger partial charge in [0.15, 0.2) is 9.84 Å². The highest BCUT2D eigenvalue weighted by Gasteiger charge is 2.31. The van der Waals surface area contributed by atoms with Crippen LogP contribution in [0.4, 0.5) is 5.69 Å². The number of para-hydroxylation sites is 1. The third kappa shape index (κ3) is 5.52. The smallest absolute Gasteiger partial charge is 0.247 e. The van der Waals surface area contributed by atoms with Gasteiger partial charge in [-0.15, -0.1) is 10.2 Å². The number of nitrogens with zero attached hydrogens (tertiary/aromatic N) is 3. The summed E-state index contributed by atoms with van der Waals surface area (Å²) < 4.78 is 38.1. The van der Waals surface area contributed by atoms with E-state index in [1.54, 1.807) is 18.2 Å². The summed E-state index contributed by atoms with van der Waals surface area (Å²) in [6.07, 6.45) is 0. The molecule has 9 heteroatoms. The maximum absolute atomic E-state index is 13.1. The second-order valence-electron chi connectivity index (χ2n) is 10.3. The molecule has 8 nitrogen and oxygen atoms in total. The van der Waals surface area contributed by atoms with Crippen molar-refractivity contribution in [3.05, 3.63) is 84.3 Å². The van der Waals surface area contributed by atoms with Gasteiger partial charge in [0.25, 0.3) is 0 Å². The van der Waals surface area contributed by atoms with E-state index in [1.165, 1.54) is 0 Å². The molecule has 1 atom stereocenters. The quantitative estimate of drug-likeness (QED) is 0.395. The minimum Gasteiger partial charge on any atom is -0.457 e. The maximum atomic E-state index is 13.1. The third-order valence-electron chi connectivity index (χ3n) is 6.11. The SMILES string of the molecule is CC(C)(C)c1nnc(-c2ccc3c(c2)N(Cc2ccc(Oc4ccccc4)cc2)C[C@@H](N)CS3(=O)=O)o1. The van der Waals surface area contributed by atoms with Crippen molar-refractivity contribution in [1.82, 2.24) is 10.2 Å². The van der Waals surface area contributed by atoms with Gasteiger partial charge in [0.2, 0.25) is 11.8 Å². The Morgan fingerprint density at radius 3 is 2.38 bits per heavy atom. The van der Waals surface area contributed by atoms with Crippen LogP contribution in [0.25, 0.3) is 11.5 Å². The lowest BCUT2D eigenvalue weighted by atomic mass is 9.97. The van der Waals surface area contributed by atoms with Crippen molar-refractivity contribution in [2.45, 2.75) is 43.7 Å². The van der Waals surface area contributed by atoms with Crippen LogP contribution in [0.2, 0.25) is 0 Å². The van der Waals surface area contributed by atoms with Crippen LogP contribution < -0.4 is 15.4 Å². The Morgan fingerprint density at radius 2 is 1.70 bits per heavy atom. The molecule has 0 bridgehead atoms. The zero-order valence-electron chi connectivity index (χ0n) is 21.1. The number of benzene rings is 3. The fourth-order valence-electron chi connectivity index (χ4n) is 4.27. The number of sulfone groups is 1. The third-order valence-corrected chi connectivity index (χ3v) is 7.99. The summed E-state index contributed by atoms with van der Waals surface area (Å²) >= 11 is 0. The minimum absolute atomic E-state index is 0.117. The molecule has 1 aliphatic rings. The van der Waals surface area contributed by atoms with Gasteiger partial charge in [-0.25, -0.2) is 8.42 Å². The van der Waals surface area contributed by atoms with E-state index in [9.17, 15) is 8.42 Å². The zero-order valence-corrected chi connectivity index (χ0v) is 21.9. The summed E-state index contributed by atoms with van der Waals surface area (Å²) in [7, 11) is -3.56. The predicted octanol–water partition coefficient (Wildman–Crippen LogP) is 4.95. The van der Waals surface area contributed by atoms with Gasteiger partial charge in [0.1, 0.15) is 11.5 Å². The summed E-state index contributed by atoms with van der Waals surface area (Å²) in [4.78, 5) is 2.26. The van der Waals surface area contributed by atoms with Crippen LogP contribution in [-0.4, -0.2) is 37.0 Å². The van der Waals surface area contributed by atoms with Gasteiger partial charge in [-0.3, -0.25) is 0 Å². The maximum Gasteiger partial charge on any atom is 0.247 e. The molecule has 0 saturated carbocycles. The molecule has 0 amide bonds. The van der Waals surface area contributed by atoms with Crippen LogP contribution in [0.5, 0.6) is 11.5 Å². The molecule has 5 rings (SSSR count). The molecule has 0 fully saturated rings. The molecule has 0 spiro atoms. The Balaban J connectivity index is 1.46. The second-order valence-corrected chi connectivity index (χ2v) is 12.3. The standard InChI is InChI=1S/C28H30N4O4S/c1-28(2,3)27-31-30-26(36-27)20-11-14-25-24(15-20)32(17-21(29)18-37(25,33)34)16-19-9-12-23(13-10-19)35-22-7-5-4-6-8-22/h4-15,21H,16-18,29H2,1-3H3/t21-/m1/s1. The normalized spacial score (nSPS) is 17.2. The highest BCUT2D eigenvalue weighted by molar-refractivity contribution is 7.91. The summed E-state index contributed by atoms with van der Waals surface area (Å²) in [5, 5.41) is 8.39. The van der Waals surface area contributed by atoms with E-state index in [-0.39, 0.29) is 16.1 Å². The van der Waals surface area contributed by atoms with Gasteiger partial charge in [-0.1, -0.05) is 51.1 Å². The Kier molecular flexibility index (Phi) is 6.51. The molecule has 3 aromatic carbocycles. The Morgan fingerprint density at radius 1 is 1.00 bits per heavy atom. The van der Waals surface area contributed by atoms with Crippen molar-refractivity contribution in [2.75, 3.05) is 17.2 Å². The van der Waals surface area contributed by atoms with Crippen LogP contribution in [0.3, 0.4) is 0 Å². The molecule has 2 heterocycles. The van der Waals surface area contributed by atoms with Gasteiger partial charge in [-0.05, 0) is 48.0 Å². The topological polar surface area (TPSA) is 112 Å². The van der Waals surface area contributed by atoms with Crippen LogP contribution in [0.1, 0.15) is 32.2 Å². The number of rotatable bonds is 5. The van der Waals surface area contributed by atoms with Crippen LogP contribution in [0, 0.1) is 0 Å². The fourth-order valence-corrected chi connectivity index (χ4v) is 5.90. The first-order valence-corrected chi connectivity index (χ1v) is 13.8. The van der Waals surface area contributed by atoms with E-state index in [4.69, 9.17) is 14.9 Å². The number of fused-ring (bicyclic) bond motifs is 1. The van der Waals surface area contributed by atoms with Crippen LogP contribution in [-0.2, 0) is 21.8 Å². The monoisotopic (exact) mass is 518 g/mol. The molecule has 37 heavy (non-hydrogen) atoms. The Bertz CT molecular complexity index is 1490. The largest absolute Gasteiger partial charge is 0.457 e. The highest BCUT2D eigenvalue weighted by atomic mass is 32.2. The van der Waals surface area contributed by atoms with Gasteiger partial charge >= 0.3 is 0 Å². The number of hydrogen-bond donors (Lipinski definition) is 1. The molecule has 0 saturated heterocycles. The number of ether oxygens (including phenoxy) is 1. The Hall–Kier alpha value is -3.69. The summed E-state index contributed by atoms with van der Waals surface area (Å²) in [6.45, 7) is 6.84. The number of anilines is 1. The van der Waals surface area contributed by atoms with Gasteiger partial charge < -0.3 is 19.8 Å². The van der Waals surface area contributed by atoms with Crippen LogP contribution >= 0.6 is 0 Å². The lowest BCUT2D eigenvalue weighted by Gasteiger charge is -2.26. The lowest BCUT2D eigenvalue weighted by Crippen LogP contribution is -2.39. The molecule has 1 aliphatic heterocycles. The van der Waals surface area contributed by atoms with Gasteiger partial charge in [0.05, 0.1) is 16.3 Å². The van der Waals surface area contributed by atoms with E-state index in [0.29, 0.717) is 36.1 Å². The molecule has 1 aromatic heterocycles. The summed E-state index contributed by atoms with van der Waals surface area (Å²) in [6, 6.07) is 21.9. The average Bonchev–Trinajstić information content (AvgIpc) is 3.33. The predicted molar refractivity (Wildman–Crippen MR) is 142 cm³/mol. The molecular formula is C28H30N4O4S. The molecule has 0 unspecified atom stereocenters. The molecular weight excluding hydrogens is 488 g/mol. The lowest BCUT2D eigenvalue weighted by molar-refractivity contribution is 0.399. The van der Waals surface area contributed by atoms with Crippen LogP contribution in [0.15, 0.2) is 82.1 Å². The summed E-state index contributed by atoms with van der Waals surface area (Å²) in [5.74, 6) is 2.23. The number of nitrogens with two attached hydrogens (primary N) is 1. The first-order valence-electron chi connectivity index (χ1n) is 12.1. The molecule has 0 radical (unpaired) electrons. The number of hydrogen-bond acceptors (Lipinski definition) is 8. The molecule has 192 valence electrons. The first-order chi connectivity index (χ1) is 17.6. The number of aromatic nitrogens is 2. The van der Waals surface area contributed by atoms with Crippen molar-refractivity contribution in [3.63, 3.8) is 0 Å². The van der Waals surface area contributed by atoms with Crippen molar-refractivity contribution in [1.29, 1.82) is 0 Å². The van der Waals surface area contributed by atoms with Crippen molar-refractivity contribution < 1.29 is 17.6 Å². The van der Waals surface area contributed by atoms with E-state index in [0.717, 1.165) is 17.1 Å². The van der Waals surface area contributed by atoms with Gasteiger partial charge in [-0.2, -0.15) is 0 Å². The van der Waals surface area contributed by atoms with Crippen molar-refractivity contribution >= 4 is 15.5 Å². The fraction of sp³-hybridized carbons (Fsp3) is 0.286. The first kappa shape index (κ1) is 25.0. The molecule has 2 N–H and O–H groups in total. The van der Waals surface area contributed by atoms with E-state index < -0.39 is 15.9 Å². The van der Waals surface area contributed by atoms with Crippen molar-refractivity contribution in [2.24, 2.45) is 5.73 Å². The van der Waals surface area contributed by atoms with Gasteiger partial charge in [0, 0.05) is 30.1 Å². The molecule has 0 aliphatic carbocycles. The highest BCUT2D eigenvalue weighted by Crippen LogP contribution is 2.35. The Labute approximate surface area is 217 Å².